The summed E-state index contributed by atoms with van der Waals surface area (Å²) in [6.07, 6.45) is 3.52. The smallest absolute Gasteiger partial charge is 0.201 e. The van der Waals surface area contributed by atoms with Crippen molar-refractivity contribution < 1.29 is 14.4 Å². The Morgan fingerprint density at radius 2 is 1.36 bits per heavy atom. The van der Waals surface area contributed by atoms with Crippen LogP contribution in [0.15, 0.2) is 36.4 Å². The van der Waals surface area contributed by atoms with Crippen LogP contribution in [0, 0.1) is 11.8 Å². The molecule has 0 spiro atoms. The fourth-order valence-electron chi connectivity index (χ4n) is 1.92. The predicted octanol–water partition coefficient (Wildman–Crippen LogP) is 4.50. The molecule has 0 saturated heterocycles. The van der Waals surface area contributed by atoms with Gasteiger partial charge in [0.05, 0.1) is 0 Å². The van der Waals surface area contributed by atoms with E-state index >= 15 is 0 Å². The fraction of sp³-hybridized carbons (Fsp3) is 0.526. The molecular weight excluding hydrogens is 276 g/mol. The van der Waals surface area contributed by atoms with Gasteiger partial charge in [-0.1, -0.05) is 70.0 Å². The molecule has 0 bridgehead atoms. The number of aldehydes is 1. The molecule has 1 rings (SSSR count). The summed E-state index contributed by atoms with van der Waals surface area (Å²) in [6.45, 7) is 8.96. The van der Waals surface area contributed by atoms with Crippen molar-refractivity contribution >= 4 is 17.9 Å². The molecule has 3 heteroatoms. The van der Waals surface area contributed by atoms with Gasteiger partial charge in [-0.15, -0.1) is 0 Å². The van der Waals surface area contributed by atoms with Gasteiger partial charge in [-0.2, -0.15) is 0 Å². The lowest BCUT2D eigenvalue weighted by Crippen LogP contribution is -2.26. The van der Waals surface area contributed by atoms with Crippen molar-refractivity contribution in [1.29, 1.82) is 0 Å². The van der Waals surface area contributed by atoms with Crippen molar-refractivity contribution in [2.24, 2.45) is 11.8 Å². The van der Waals surface area contributed by atoms with Gasteiger partial charge in [0, 0.05) is 12.8 Å². The third-order valence-corrected chi connectivity index (χ3v) is 3.28. The Bertz CT molecular complexity index is 372. The second-order valence-electron chi connectivity index (χ2n) is 5.09. The fourth-order valence-corrected chi connectivity index (χ4v) is 1.92. The third kappa shape index (κ3) is 12.0. The van der Waals surface area contributed by atoms with E-state index in [1.54, 1.807) is 0 Å². The SMILES string of the molecule is CC=O.CCCC(C(=O)C(C)=O)C(C)CC.c1ccccc1. The highest BCUT2D eigenvalue weighted by Gasteiger charge is 2.25. The number of ketones is 2. The van der Waals surface area contributed by atoms with Crippen LogP contribution in [-0.2, 0) is 14.4 Å². The summed E-state index contributed by atoms with van der Waals surface area (Å²) >= 11 is 0. The van der Waals surface area contributed by atoms with Crippen molar-refractivity contribution in [1.82, 2.24) is 0 Å². The Hall–Kier alpha value is -1.77. The minimum atomic E-state index is -0.293. The molecule has 1 aromatic rings. The number of rotatable bonds is 6. The first kappa shape index (κ1) is 22.5. The first-order valence-electron chi connectivity index (χ1n) is 7.90. The van der Waals surface area contributed by atoms with Crippen LogP contribution in [0.25, 0.3) is 0 Å². The summed E-state index contributed by atoms with van der Waals surface area (Å²) in [6, 6.07) is 12.0. The van der Waals surface area contributed by atoms with E-state index in [0.717, 1.165) is 25.5 Å². The van der Waals surface area contributed by atoms with Crippen LogP contribution in [0.2, 0.25) is 0 Å². The van der Waals surface area contributed by atoms with E-state index in [1.807, 2.05) is 50.2 Å². The van der Waals surface area contributed by atoms with E-state index < -0.39 is 0 Å². The molecule has 0 aliphatic rings. The standard InChI is InChI=1S/C11H20O2.C6H6.C2H4O/c1-5-7-10(8(3)6-2)11(13)9(4)12;1-2-4-6-5-3-1;1-2-3/h8,10H,5-7H2,1-4H3;1-6H;2H,1H3. The first-order valence-corrected chi connectivity index (χ1v) is 7.90. The summed E-state index contributed by atoms with van der Waals surface area (Å²) in [4.78, 5) is 31.2. The predicted molar refractivity (Wildman–Crippen MR) is 91.7 cm³/mol. The molecule has 3 nitrogen and oxygen atoms in total. The van der Waals surface area contributed by atoms with E-state index in [1.165, 1.54) is 13.8 Å². The van der Waals surface area contributed by atoms with Crippen molar-refractivity contribution in [2.75, 3.05) is 0 Å². The zero-order valence-corrected chi connectivity index (χ0v) is 14.5. The van der Waals surface area contributed by atoms with Gasteiger partial charge >= 0.3 is 0 Å². The van der Waals surface area contributed by atoms with Gasteiger partial charge in [0.15, 0.2) is 5.78 Å². The van der Waals surface area contributed by atoms with Crippen molar-refractivity contribution in [2.45, 2.75) is 53.9 Å². The maximum Gasteiger partial charge on any atom is 0.201 e. The number of carbonyl (C=O) groups is 3. The van der Waals surface area contributed by atoms with Gasteiger partial charge in [0.25, 0.3) is 0 Å². The van der Waals surface area contributed by atoms with Crippen LogP contribution >= 0.6 is 0 Å². The molecule has 0 radical (unpaired) electrons. The molecule has 0 aliphatic heterocycles. The molecule has 0 N–H and O–H groups in total. The van der Waals surface area contributed by atoms with Crippen molar-refractivity contribution in [3.8, 4) is 0 Å². The molecule has 2 atom stereocenters. The highest BCUT2D eigenvalue weighted by Crippen LogP contribution is 2.21. The van der Waals surface area contributed by atoms with Crippen molar-refractivity contribution in [3.05, 3.63) is 36.4 Å². The Morgan fingerprint density at radius 3 is 1.59 bits per heavy atom. The summed E-state index contributed by atoms with van der Waals surface area (Å²) in [5.41, 5.74) is 0. The maximum absolute atomic E-state index is 11.5. The van der Waals surface area contributed by atoms with E-state index in [2.05, 4.69) is 6.92 Å². The number of benzene rings is 1. The molecule has 0 fully saturated rings. The van der Waals surface area contributed by atoms with Gasteiger partial charge in [-0.3, -0.25) is 9.59 Å². The van der Waals surface area contributed by atoms with Crippen LogP contribution in [0.4, 0.5) is 0 Å². The topological polar surface area (TPSA) is 51.2 Å². The van der Waals surface area contributed by atoms with Crippen molar-refractivity contribution in [3.63, 3.8) is 0 Å². The summed E-state index contributed by atoms with van der Waals surface area (Å²) < 4.78 is 0. The Kier molecular flexibility index (Phi) is 16.0. The number of carbonyl (C=O) groups excluding carboxylic acids is 3. The molecule has 1 aromatic carbocycles. The van der Waals surface area contributed by atoms with E-state index in [0.29, 0.717) is 5.92 Å². The molecule has 0 amide bonds. The molecular formula is C19H30O3. The number of Topliss-reactive ketones (excluding diaryl/α,β-unsaturated/α-hetero) is 2. The molecule has 0 saturated carbocycles. The van der Waals surface area contributed by atoms with E-state index in [4.69, 9.17) is 4.79 Å². The highest BCUT2D eigenvalue weighted by atomic mass is 16.2. The second-order valence-corrected chi connectivity index (χ2v) is 5.09. The van der Waals surface area contributed by atoms with E-state index in [-0.39, 0.29) is 17.5 Å². The minimum absolute atomic E-state index is 0.0486. The number of hydrogen-bond donors (Lipinski definition) is 0. The van der Waals surface area contributed by atoms with Crippen LogP contribution in [0.3, 0.4) is 0 Å². The van der Waals surface area contributed by atoms with Crippen LogP contribution in [0.1, 0.15) is 53.9 Å². The lowest BCUT2D eigenvalue weighted by Gasteiger charge is -2.19. The highest BCUT2D eigenvalue weighted by molar-refractivity contribution is 6.37. The molecule has 22 heavy (non-hydrogen) atoms. The average molecular weight is 306 g/mol. The number of hydrogen-bond acceptors (Lipinski definition) is 3. The van der Waals surface area contributed by atoms with Gasteiger partial charge in [-0.25, -0.2) is 0 Å². The maximum atomic E-state index is 11.5. The molecule has 124 valence electrons. The largest absolute Gasteiger partial charge is 0.304 e. The van der Waals surface area contributed by atoms with Gasteiger partial charge in [0.2, 0.25) is 5.78 Å². The summed E-state index contributed by atoms with van der Waals surface area (Å²) in [5.74, 6) is -0.196. The van der Waals surface area contributed by atoms with Crippen LogP contribution in [-0.4, -0.2) is 17.9 Å². The lowest BCUT2D eigenvalue weighted by atomic mass is 9.83. The molecule has 0 aliphatic carbocycles. The third-order valence-electron chi connectivity index (χ3n) is 3.28. The van der Waals surface area contributed by atoms with Crippen LogP contribution < -0.4 is 0 Å². The monoisotopic (exact) mass is 306 g/mol. The molecule has 0 aromatic heterocycles. The van der Waals surface area contributed by atoms with Crippen LogP contribution in [0.5, 0.6) is 0 Å². The lowest BCUT2D eigenvalue weighted by molar-refractivity contribution is -0.139. The Labute approximate surface area is 135 Å². The zero-order chi connectivity index (χ0) is 17.4. The zero-order valence-electron chi connectivity index (χ0n) is 14.5. The summed E-state index contributed by atoms with van der Waals surface area (Å²) in [7, 11) is 0. The second kappa shape index (κ2) is 15.6. The van der Waals surface area contributed by atoms with Gasteiger partial charge in [-0.05, 0) is 19.3 Å². The normalized spacial score (nSPS) is 11.7. The van der Waals surface area contributed by atoms with Gasteiger partial charge in [0.1, 0.15) is 6.29 Å². The Balaban J connectivity index is 0. The minimum Gasteiger partial charge on any atom is -0.304 e. The van der Waals surface area contributed by atoms with Gasteiger partial charge < -0.3 is 4.79 Å². The first-order chi connectivity index (χ1) is 10.5. The summed E-state index contributed by atoms with van der Waals surface area (Å²) in [5, 5.41) is 0. The van der Waals surface area contributed by atoms with E-state index in [9.17, 15) is 9.59 Å². The molecule has 2 unspecified atom stereocenters. The quantitative estimate of drug-likeness (QED) is 0.574. The average Bonchev–Trinajstić information content (AvgIpc) is 2.54. The molecule has 0 heterocycles. The Morgan fingerprint density at radius 1 is 1.00 bits per heavy atom.